The Labute approximate surface area is 117 Å². The van der Waals surface area contributed by atoms with Gasteiger partial charge >= 0.3 is 11.9 Å². The van der Waals surface area contributed by atoms with Gasteiger partial charge in [-0.1, -0.05) is 18.2 Å². The predicted molar refractivity (Wildman–Crippen MR) is 70.7 cm³/mol. The summed E-state index contributed by atoms with van der Waals surface area (Å²) in [5.41, 5.74) is 0. The second-order valence-electron chi connectivity index (χ2n) is 3.74. The molecule has 0 atom stereocenters. The summed E-state index contributed by atoms with van der Waals surface area (Å²) in [5.74, 6) is -2.26. The van der Waals surface area contributed by atoms with Gasteiger partial charge in [-0.2, -0.15) is 0 Å². The smallest absolute Gasteiger partial charge is 0.336 e. The van der Waals surface area contributed by atoms with Crippen molar-refractivity contribution in [2.45, 2.75) is 24.0 Å². The maximum absolute atomic E-state index is 12.4. The molecule has 0 saturated carbocycles. The summed E-state index contributed by atoms with van der Waals surface area (Å²) in [6, 6.07) is 7.24. The Hall–Kier alpha value is -1.89. The summed E-state index contributed by atoms with van der Waals surface area (Å²) in [5, 5.41) is -2.00. The van der Waals surface area contributed by atoms with Crippen molar-refractivity contribution in [3.05, 3.63) is 30.3 Å². The molecule has 0 aromatic heterocycles. The molecule has 0 spiro atoms. The molecule has 0 bridgehead atoms. The van der Waals surface area contributed by atoms with Gasteiger partial charge in [0, 0.05) is 0 Å². The minimum absolute atomic E-state index is 0.0287. The third kappa shape index (κ3) is 3.57. The fraction of sp³-hybridized carbons (Fsp3) is 0.385. The minimum atomic E-state index is -4.19. The van der Waals surface area contributed by atoms with Gasteiger partial charge in [0.05, 0.1) is 18.1 Å². The van der Waals surface area contributed by atoms with Crippen molar-refractivity contribution in [3.63, 3.8) is 0 Å². The van der Waals surface area contributed by atoms with Crippen LogP contribution < -0.4 is 0 Å². The van der Waals surface area contributed by atoms with Gasteiger partial charge in [0.15, 0.2) is 0 Å². The molecule has 0 amide bonds. The maximum atomic E-state index is 12.4. The van der Waals surface area contributed by atoms with Gasteiger partial charge in [-0.3, -0.25) is 0 Å². The fourth-order valence-corrected chi connectivity index (χ4v) is 2.98. The van der Waals surface area contributed by atoms with Gasteiger partial charge in [0.1, 0.15) is 0 Å². The fourth-order valence-electron chi connectivity index (χ4n) is 1.53. The second-order valence-corrected chi connectivity index (χ2v) is 5.78. The van der Waals surface area contributed by atoms with Crippen molar-refractivity contribution < 1.29 is 27.5 Å². The summed E-state index contributed by atoms with van der Waals surface area (Å²) in [6.07, 6.45) is 0. The molecule has 20 heavy (non-hydrogen) atoms. The van der Waals surface area contributed by atoms with Crippen LogP contribution in [0.3, 0.4) is 0 Å². The van der Waals surface area contributed by atoms with E-state index in [1.54, 1.807) is 6.07 Å². The summed E-state index contributed by atoms with van der Waals surface area (Å²) in [7, 11) is -4.19. The number of sulfone groups is 1. The predicted octanol–water partition coefficient (Wildman–Crippen LogP) is 0.955. The molecule has 0 heterocycles. The molecule has 110 valence electrons. The molecule has 0 aliphatic carbocycles. The van der Waals surface area contributed by atoms with Crippen molar-refractivity contribution >= 4 is 21.8 Å². The molecular weight excluding hydrogens is 284 g/mol. The number of benzene rings is 1. The molecule has 0 radical (unpaired) electrons. The highest BCUT2D eigenvalue weighted by atomic mass is 32.2. The largest absolute Gasteiger partial charge is 0.465 e. The van der Waals surface area contributed by atoms with Crippen molar-refractivity contribution in [2.24, 2.45) is 0 Å². The number of ether oxygens (including phenoxy) is 2. The zero-order valence-electron chi connectivity index (χ0n) is 11.2. The van der Waals surface area contributed by atoms with Crippen LogP contribution >= 0.6 is 0 Å². The summed E-state index contributed by atoms with van der Waals surface area (Å²) in [4.78, 5) is 23.4. The van der Waals surface area contributed by atoms with Crippen molar-refractivity contribution in [2.75, 3.05) is 13.2 Å². The standard InChI is InChI=1S/C13H16O6S/c1-3-18-12(14)11(13(15)19-4-2)20(16,17)10-8-6-5-7-9-10/h5-9,11H,3-4H2,1-2H3. The Morgan fingerprint density at radius 1 is 1.00 bits per heavy atom. The highest BCUT2D eigenvalue weighted by molar-refractivity contribution is 7.93. The number of hydrogen-bond donors (Lipinski definition) is 0. The molecule has 0 saturated heterocycles. The van der Waals surface area contributed by atoms with Crippen LogP contribution in [0.2, 0.25) is 0 Å². The van der Waals surface area contributed by atoms with Crippen LogP contribution in [0.5, 0.6) is 0 Å². The van der Waals surface area contributed by atoms with E-state index in [9.17, 15) is 18.0 Å². The Kier molecular flexibility index (Phi) is 5.69. The molecular formula is C13H16O6S. The molecule has 0 aliphatic rings. The van der Waals surface area contributed by atoms with E-state index in [4.69, 9.17) is 0 Å². The summed E-state index contributed by atoms with van der Waals surface area (Å²) >= 11 is 0. The normalized spacial score (nSPS) is 11.2. The molecule has 1 rings (SSSR count). The van der Waals surface area contributed by atoms with Crippen LogP contribution in [0, 0.1) is 0 Å². The van der Waals surface area contributed by atoms with Crippen LogP contribution in [0.4, 0.5) is 0 Å². The van der Waals surface area contributed by atoms with Crippen LogP contribution in [0.1, 0.15) is 13.8 Å². The molecule has 1 aromatic carbocycles. The first-order chi connectivity index (χ1) is 9.45. The second kappa shape index (κ2) is 7.04. The SMILES string of the molecule is CCOC(=O)C(C(=O)OCC)S(=O)(=O)c1ccccc1. The van der Waals surface area contributed by atoms with E-state index in [1.807, 2.05) is 0 Å². The Morgan fingerprint density at radius 2 is 1.45 bits per heavy atom. The van der Waals surface area contributed by atoms with Crippen molar-refractivity contribution in [1.82, 2.24) is 0 Å². The lowest BCUT2D eigenvalue weighted by atomic mass is 10.4. The first-order valence-corrected chi connectivity index (χ1v) is 7.62. The molecule has 7 heteroatoms. The topological polar surface area (TPSA) is 86.7 Å². The van der Waals surface area contributed by atoms with Gasteiger partial charge in [0.2, 0.25) is 9.84 Å². The highest BCUT2D eigenvalue weighted by Gasteiger charge is 2.42. The highest BCUT2D eigenvalue weighted by Crippen LogP contribution is 2.18. The quantitative estimate of drug-likeness (QED) is 0.574. The van der Waals surface area contributed by atoms with Crippen LogP contribution in [0.25, 0.3) is 0 Å². The van der Waals surface area contributed by atoms with Crippen molar-refractivity contribution in [1.29, 1.82) is 0 Å². The Bertz CT molecular complexity index is 546. The van der Waals surface area contributed by atoms with E-state index in [0.29, 0.717) is 0 Å². The first kappa shape index (κ1) is 16.2. The average Bonchev–Trinajstić information content (AvgIpc) is 2.40. The van der Waals surface area contributed by atoms with Gasteiger partial charge in [-0.15, -0.1) is 0 Å². The Balaban J connectivity index is 3.23. The lowest BCUT2D eigenvalue weighted by Crippen LogP contribution is -2.40. The van der Waals surface area contributed by atoms with Crippen molar-refractivity contribution in [3.8, 4) is 0 Å². The molecule has 6 nitrogen and oxygen atoms in total. The van der Waals surface area contributed by atoms with Gasteiger partial charge in [-0.25, -0.2) is 18.0 Å². The summed E-state index contributed by atoms with van der Waals surface area (Å²) < 4.78 is 34.0. The third-order valence-electron chi connectivity index (χ3n) is 2.38. The van der Waals surface area contributed by atoms with Gasteiger partial charge < -0.3 is 9.47 Å². The molecule has 0 N–H and O–H groups in total. The monoisotopic (exact) mass is 300 g/mol. The zero-order valence-corrected chi connectivity index (χ0v) is 12.1. The van der Waals surface area contributed by atoms with E-state index in [0.717, 1.165) is 0 Å². The minimum Gasteiger partial charge on any atom is -0.465 e. The van der Waals surface area contributed by atoms with E-state index >= 15 is 0 Å². The van der Waals surface area contributed by atoms with E-state index in [2.05, 4.69) is 9.47 Å². The Morgan fingerprint density at radius 3 is 1.85 bits per heavy atom. The third-order valence-corrected chi connectivity index (χ3v) is 4.32. The van der Waals surface area contributed by atoms with E-state index in [-0.39, 0.29) is 18.1 Å². The maximum Gasteiger partial charge on any atom is 0.336 e. The first-order valence-electron chi connectivity index (χ1n) is 6.07. The molecule has 0 fully saturated rings. The molecule has 1 aromatic rings. The molecule has 0 unspecified atom stereocenters. The zero-order chi connectivity index (χ0) is 15.2. The number of carbonyl (C=O) groups is 2. The van der Waals surface area contributed by atoms with Crippen LogP contribution in [-0.4, -0.2) is 38.8 Å². The molecule has 0 aliphatic heterocycles. The number of hydrogen-bond acceptors (Lipinski definition) is 6. The van der Waals surface area contributed by atoms with E-state index in [1.165, 1.54) is 38.1 Å². The van der Waals surface area contributed by atoms with Crippen LogP contribution in [-0.2, 0) is 28.9 Å². The number of esters is 2. The van der Waals surface area contributed by atoms with Gasteiger partial charge in [-0.05, 0) is 26.0 Å². The summed E-state index contributed by atoms with van der Waals surface area (Å²) in [6.45, 7) is 2.99. The van der Waals surface area contributed by atoms with Gasteiger partial charge in [0.25, 0.3) is 5.25 Å². The van der Waals surface area contributed by atoms with E-state index < -0.39 is 27.0 Å². The average molecular weight is 300 g/mol. The number of carbonyl (C=O) groups excluding carboxylic acids is 2. The lowest BCUT2D eigenvalue weighted by molar-refractivity contribution is -0.153. The van der Waals surface area contributed by atoms with Crippen LogP contribution in [0.15, 0.2) is 35.2 Å². The number of rotatable bonds is 6. The lowest BCUT2D eigenvalue weighted by Gasteiger charge is -2.15.